The number of amides is 1. The average molecular weight is 513 g/mol. The first-order chi connectivity index (χ1) is 18.5. The predicted octanol–water partition coefficient (Wildman–Crippen LogP) is 3.98. The minimum absolute atomic E-state index is 0.0277. The van der Waals surface area contributed by atoms with Gasteiger partial charge in [0.05, 0.1) is 29.6 Å². The van der Waals surface area contributed by atoms with Gasteiger partial charge in [-0.2, -0.15) is 10.4 Å². The summed E-state index contributed by atoms with van der Waals surface area (Å²) >= 11 is 0. The molecule has 196 valence electrons. The molecule has 2 fully saturated rings. The number of carbonyl (C=O) groups excluding carboxylic acids is 1. The summed E-state index contributed by atoms with van der Waals surface area (Å²) in [6.45, 7) is 4.10. The van der Waals surface area contributed by atoms with E-state index in [1.54, 1.807) is 12.3 Å². The molecule has 1 aromatic carbocycles. The van der Waals surface area contributed by atoms with Crippen LogP contribution in [0.4, 0.5) is 17.5 Å². The molecule has 0 radical (unpaired) electrons. The van der Waals surface area contributed by atoms with Gasteiger partial charge in [-0.05, 0) is 49.4 Å². The highest BCUT2D eigenvalue weighted by Crippen LogP contribution is 2.41. The predicted molar refractivity (Wildman–Crippen MR) is 143 cm³/mol. The van der Waals surface area contributed by atoms with Crippen molar-refractivity contribution in [2.75, 3.05) is 36.9 Å². The van der Waals surface area contributed by atoms with Gasteiger partial charge in [0.25, 0.3) is 5.91 Å². The van der Waals surface area contributed by atoms with Crippen molar-refractivity contribution in [2.24, 2.45) is 0 Å². The standard InChI is InChI=1S/C28H32N8O2/c1-28(17-37)16-31-25-19(15-29)12-18(13-21(25)28)22-8-9-30-27(32-22)33-24-14-23(26(38)35-10-4-5-11-35)36(34-24)20-6-2-3-7-20/h8-9,12-14,20,31,37H,2-7,10-11,16-17H2,1H3,(H,30,32,33,34)/t28-/m1/s1. The lowest BCUT2D eigenvalue weighted by atomic mass is 9.83. The first-order valence-electron chi connectivity index (χ1n) is 13.4. The Morgan fingerprint density at radius 1 is 1.24 bits per heavy atom. The van der Waals surface area contributed by atoms with Gasteiger partial charge in [0.2, 0.25) is 5.95 Å². The number of rotatable bonds is 6. The molecule has 1 aliphatic carbocycles. The second-order valence-corrected chi connectivity index (χ2v) is 10.8. The van der Waals surface area contributed by atoms with Gasteiger partial charge in [-0.3, -0.25) is 9.48 Å². The maximum Gasteiger partial charge on any atom is 0.272 e. The fourth-order valence-electron chi connectivity index (χ4n) is 5.88. The number of anilines is 3. The third-order valence-corrected chi connectivity index (χ3v) is 8.12. The van der Waals surface area contributed by atoms with Crippen molar-refractivity contribution in [3.8, 4) is 17.3 Å². The van der Waals surface area contributed by atoms with E-state index < -0.39 is 5.41 Å². The molecule has 0 spiro atoms. The maximum atomic E-state index is 13.3. The number of nitrogens with one attached hydrogen (secondary N) is 2. The Hall–Kier alpha value is -3.97. The molecule has 1 saturated heterocycles. The molecule has 0 unspecified atom stereocenters. The van der Waals surface area contributed by atoms with Crippen LogP contribution in [-0.2, 0) is 5.41 Å². The van der Waals surface area contributed by atoms with Gasteiger partial charge < -0.3 is 20.6 Å². The maximum absolute atomic E-state index is 13.3. The summed E-state index contributed by atoms with van der Waals surface area (Å²) in [7, 11) is 0. The van der Waals surface area contributed by atoms with Crippen molar-refractivity contribution in [3.05, 3.63) is 47.3 Å². The van der Waals surface area contributed by atoms with Gasteiger partial charge in [0.1, 0.15) is 11.8 Å². The second kappa shape index (κ2) is 9.72. The third-order valence-electron chi connectivity index (χ3n) is 8.12. The van der Waals surface area contributed by atoms with Crippen LogP contribution in [0.1, 0.15) is 73.1 Å². The summed E-state index contributed by atoms with van der Waals surface area (Å²) in [6, 6.07) is 9.91. The van der Waals surface area contributed by atoms with Crippen molar-refractivity contribution in [1.82, 2.24) is 24.6 Å². The van der Waals surface area contributed by atoms with Crippen molar-refractivity contribution in [1.29, 1.82) is 5.26 Å². The molecule has 6 rings (SSSR count). The fourth-order valence-corrected chi connectivity index (χ4v) is 5.88. The van der Waals surface area contributed by atoms with E-state index in [0.717, 1.165) is 68.4 Å². The Morgan fingerprint density at radius 3 is 2.76 bits per heavy atom. The number of likely N-dealkylation sites (tertiary alicyclic amines) is 1. The van der Waals surface area contributed by atoms with Crippen LogP contribution >= 0.6 is 0 Å². The molecule has 0 bridgehead atoms. The zero-order chi connectivity index (χ0) is 26.3. The van der Waals surface area contributed by atoms with E-state index in [9.17, 15) is 15.2 Å². The van der Waals surface area contributed by atoms with Gasteiger partial charge in [-0.15, -0.1) is 0 Å². The molecule has 3 N–H and O–H groups in total. The van der Waals surface area contributed by atoms with Crippen LogP contribution in [-0.4, -0.2) is 61.9 Å². The molecule has 10 heteroatoms. The number of hydrogen-bond acceptors (Lipinski definition) is 8. The molecule has 3 aliphatic rings. The molecule has 2 aromatic heterocycles. The zero-order valence-electron chi connectivity index (χ0n) is 21.6. The van der Waals surface area contributed by atoms with Crippen LogP contribution in [0.3, 0.4) is 0 Å². The lowest BCUT2D eigenvalue weighted by Crippen LogP contribution is -2.30. The van der Waals surface area contributed by atoms with Crippen LogP contribution in [0.25, 0.3) is 11.3 Å². The molecule has 3 aromatic rings. The average Bonchev–Trinajstić information content (AvgIpc) is 3.75. The summed E-state index contributed by atoms with van der Waals surface area (Å²) in [4.78, 5) is 24.3. The van der Waals surface area contributed by atoms with E-state index in [-0.39, 0.29) is 18.6 Å². The summed E-state index contributed by atoms with van der Waals surface area (Å²) < 4.78 is 1.91. The normalized spacial score (nSPS) is 20.8. The van der Waals surface area contributed by atoms with E-state index in [2.05, 4.69) is 21.7 Å². The first-order valence-corrected chi connectivity index (χ1v) is 13.4. The number of benzene rings is 1. The number of carbonyl (C=O) groups is 1. The number of nitrogens with zero attached hydrogens (tertiary/aromatic N) is 6. The Kier molecular flexibility index (Phi) is 6.24. The SMILES string of the molecule is C[C@]1(CO)CNc2c(C#N)cc(-c3ccnc(Nc4cc(C(=O)N5CCCC5)n(C5CCCC5)n4)n3)cc21. The third kappa shape index (κ3) is 4.27. The van der Waals surface area contributed by atoms with E-state index in [4.69, 9.17) is 10.1 Å². The summed E-state index contributed by atoms with van der Waals surface area (Å²) in [6.07, 6.45) is 8.08. The van der Waals surface area contributed by atoms with Crippen LogP contribution < -0.4 is 10.6 Å². The van der Waals surface area contributed by atoms with Gasteiger partial charge in [-0.1, -0.05) is 19.8 Å². The van der Waals surface area contributed by atoms with Gasteiger partial charge in [0.15, 0.2) is 5.82 Å². The molecule has 1 atom stereocenters. The number of hydrogen-bond donors (Lipinski definition) is 3. The summed E-state index contributed by atoms with van der Waals surface area (Å²) in [5.74, 6) is 0.938. The minimum atomic E-state index is -0.476. The number of aliphatic hydroxyl groups is 1. The molecule has 4 heterocycles. The Balaban J connectivity index is 1.32. The molecule has 2 aliphatic heterocycles. The van der Waals surface area contributed by atoms with Gasteiger partial charge in [-0.25, -0.2) is 9.97 Å². The van der Waals surface area contributed by atoms with Gasteiger partial charge in [0, 0.05) is 42.9 Å². The minimum Gasteiger partial charge on any atom is -0.395 e. The second-order valence-electron chi connectivity index (χ2n) is 10.8. The van der Waals surface area contributed by atoms with Crippen LogP contribution in [0.15, 0.2) is 30.5 Å². The van der Waals surface area contributed by atoms with E-state index in [1.807, 2.05) is 34.7 Å². The Bertz CT molecular complexity index is 1410. The Morgan fingerprint density at radius 2 is 2.03 bits per heavy atom. The molecule has 1 amide bonds. The van der Waals surface area contributed by atoms with Crippen molar-refractivity contribution < 1.29 is 9.90 Å². The lowest BCUT2D eigenvalue weighted by molar-refractivity contribution is 0.0777. The largest absolute Gasteiger partial charge is 0.395 e. The highest BCUT2D eigenvalue weighted by Gasteiger charge is 2.36. The number of fused-ring (bicyclic) bond motifs is 1. The number of nitriles is 1. The monoisotopic (exact) mass is 512 g/mol. The fraction of sp³-hybridized carbons (Fsp3) is 0.464. The van der Waals surface area contributed by atoms with Crippen molar-refractivity contribution in [3.63, 3.8) is 0 Å². The van der Waals surface area contributed by atoms with E-state index >= 15 is 0 Å². The topological polar surface area (TPSA) is 132 Å². The smallest absolute Gasteiger partial charge is 0.272 e. The number of aromatic nitrogens is 4. The van der Waals surface area contributed by atoms with Crippen molar-refractivity contribution >= 4 is 23.4 Å². The molecule has 1 saturated carbocycles. The highest BCUT2D eigenvalue weighted by molar-refractivity contribution is 5.93. The van der Waals surface area contributed by atoms with Crippen LogP contribution in [0.5, 0.6) is 0 Å². The molecule has 38 heavy (non-hydrogen) atoms. The first kappa shape index (κ1) is 24.4. The summed E-state index contributed by atoms with van der Waals surface area (Å²) in [5, 5.41) is 31.1. The number of aliphatic hydroxyl groups excluding tert-OH is 1. The van der Waals surface area contributed by atoms with Crippen LogP contribution in [0.2, 0.25) is 0 Å². The quantitative estimate of drug-likeness (QED) is 0.452. The Labute approximate surface area is 221 Å². The van der Waals surface area contributed by atoms with Gasteiger partial charge >= 0.3 is 0 Å². The van der Waals surface area contributed by atoms with E-state index in [0.29, 0.717) is 35.3 Å². The lowest BCUT2D eigenvalue weighted by Gasteiger charge is -2.21. The van der Waals surface area contributed by atoms with Crippen LogP contribution in [0, 0.1) is 11.3 Å². The molecular weight excluding hydrogens is 480 g/mol. The van der Waals surface area contributed by atoms with Crippen molar-refractivity contribution in [2.45, 2.75) is 56.9 Å². The zero-order valence-corrected chi connectivity index (χ0v) is 21.6. The summed E-state index contributed by atoms with van der Waals surface area (Å²) in [5.41, 5.74) is 3.76. The molecule has 10 nitrogen and oxygen atoms in total. The highest BCUT2D eigenvalue weighted by atomic mass is 16.3. The van der Waals surface area contributed by atoms with E-state index in [1.165, 1.54) is 0 Å². The molecular formula is C28H32N8O2.